The zero-order valence-electron chi connectivity index (χ0n) is 15.6. The van der Waals surface area contributed by atoms with Crippen LogP contribution < -0.4 is 5.32 Å². The van der Waals surface area contributed by atoms with Crippen LogP contribution in [0.25, 0.3) is 5.69 Å². The lowest BCUT2D eigenvalue weighted by molar-refractivity contribution is -0.129. The quantitative estimate of drug-likeness (QED) is 0.904. The Bertz CT molecular complexity index is 911. The van der Waals surface area contributed by atoms with Gasteiger partial charge in [0.2, 0.25) is 5.91 Å². The summed E-state index contributed by atoms with van der Waals surface area (Å²) in [5.41, 5.74) is 4.83. The van der Waals surface area contributed by atoms with Crippen molar-refractivity contribution in [3.63, 3.8) is 0 Å². The highest BCUT2D eigenvalue weighted by Crippen LogP contribution is 2.31. The van der Waals surface area contributed by atoms with Crippen molar-refractivity contribution < 1.29 is 9.59 Å². The molecule has 6 nitrogen and oxygen atoms in total. The summed E-state index contributed by atoms with van der Waals surface area (Å²) < 4.78 is 1.91. The van der Waals surface area contributed by atoms with E-state index in [1.165, 1.54) is 5.56 Å². The van der Waals surface area contributed by atoms with Crippen molar-refractivity contribution in [2.45, 2.75) is 57.5 Å². The minimum atomic E-state index is -0.403. The molecule has 2 amide bonds. The second-order valence-electron chi connectivity index (χ2n) is 7.95. The minimum absolute atomic E-state index is 0.0699. The SMILES string of the molecule is Cc1ccc(-n2nc(C(=O)N[C@@H]3CCN(C4CC4)C3=O)c3c2CCC3)cc1. The number of likely N-dealkylation sites (tertiary alicyclic amines) is 1. The Morgan fingerprint density at radius 2 is 1.93 bits per heavy atom. The fourth-order valence-electron chi connectivity index (χ4n) is 4.33. The van der Waals surface area contributed by atoms with Gasteiger partial charge in [0, 0.05) is 23.8 Å². The van der Waals surface area contributed by atoms with Crippen LogP contribution in [0.4, 0.5) is 0 Å². The van der Waals surface area contributed by atoms with E-state index in [0.717, 1.165) is 55.6 Å². The van der Waals surface area contributed by atoms with Crippen LogP contribution >= 0.6 is 0 Å². The van der Waals surface area contributed by atoms with E-state index in [2.05, 4.69) is 29.5 Å². The van der Waals surface area contributed by atoms with Gasteiger partial charge in [-0.1, -0.05) is 17.7 Å². The van der Waals surface area contributed by atoms with E-state index in [9.17, 15) is 9.59 Å². The van der Waals surface area contributed by atoms with E-state index in [-0.39, 0.29) is 11.8 Å². The van der Waals surface area contributed by atoms with Gasteiger partial charge in [-0.05, 0) is 57.6 Å². The molecule has 1 saturated heterocycles. The molecule has 2 heterocycles. The summed E-state index contributed by atoms with van der Waals surface area (Å²) in [5.74, 6) is -0.143. The van der Waals surface area contributed by atoms with Gasteiger partial charge in [0.1, 0.15) is 6.04 Å². The number of carbonyl (C=O) groups excluding carboxylic acids is 2. The number of carbonyl (C=O) groups is 2. The molecule has 6 heteroatoms. The number of rotatable bonds is 4. The minimum Gasteiger partial charge on any atom is -0.339 e. The highest BCUT2D eigenvalue weighted by molar-refractivity contribution is 5.98. The van der Waals surface area contributed by atoms with E-state index in [1.807, 2.05) is 21.7 Å². The molecule has 0 spiro atoms. The molecule has 0 unspecified atom stereocenters. The molecule has 1 saturated carbocycles. The molecule has 27 heavy (non-hydrogen) atoms. The molecule has 1 N–H and O–H groups in total. The molecule has 140 valence electrons. The van der Waals surface area contributed by atoms with Gasteiger partial charge in [0.25, 0.3) is 5.91 Å². The molecule has 1 atom stereocenters. The van der Waals surface area contributed by atoms with Gasteiger partial charge in [-0.15, -0.1) is 0 Å². The van der Waals surface area contributed by atoms with Crippen molar-refractivity contribution in [3.8, 4) is 5.69 Å². The van der Waals surface area contributed by atoms with Gasteiger partial charge >= 0.3 is 0 Å². The Labute approximate surface area is 158 Å². The molecule has 1 aliphatic heterocycles. The molecule has 3 aliphatic rings. The fraction of sp³-hybridized carbons (Fsp3) is 0.476. The Morgan fingerprint density at radius 1 is 1.15 bits per heavy atom. The molecule has 2 aromatic rings. The third kappa shape index (κ3) is 2.83. The maximum Gasteiger partial charge on any atom is 0.272 e. The maximum atomic E-state index is 12.9. The second-order valence-corrected chi connectivity index (χ2v) is 7.95. The first-order chi connectivity index (χ1) is 13.1. The third-order valence-electron chi connectivity index (χ3n) is 5.96. The average molecular weight is 364 g/mol. The Kier molecular flexibility index (Phi) is 3.81. The molecular weight excluding hydrogens is 340 g/mol. The van der Waals surface area contributed by atoms with E-state index in [0.29, 0.717) is 18.2 Å². The van der Waals surface area contributed by atoms with Crippen LogP contribution in [0.1, 0.15) is 53.0 Å². The Morgan fingerprint density at radius 3 is 2.67 bits per heavy atom. The van der Waals surface area contributed by atoms with E-state index < -0.39 is 6.04 Å². The first kappa shape index (κ1) is 16.5. The third-order valence-corrected chi connectivity index (χ3v) is 5.96. The number of hydrogen-bond acceptors (Lipinski definition) is 3. The lowest BCUT2D eigenvalue weighted by atomic mass is 10.1. The summed E-state index contributed by atoms with van der Waals surface area (Å²) in [6.07, 6.45) is 5.74. The molecule has 2 aliphatic carbocycles. The van der Waals surface area contributed by atoms with E-state index in [4.69, 9.17) is 0 Å². The number of nitrogens with one attached hydrogen (secondary N) is 1. The molecule has 5 rings (SSSR count). The highest BCUT2D eigenvalue weighted by atomic mass is 16.2. The van der Waals surface area contributed by atoms with E-state index >= 15 is 0 Å². The number of fused-ring (bicyclic) bond motifs is 1. The molecular formula is C21H24N4O2. The molecule has 0 radical (unpaired) electrons. The van der Waals surface area contributed by atoms with Crippen LogP contribution in [0, 0.1) is 6.92 Å². The monoisotopic (exact) mass is 364 g/mol. The number of benzene rings is 1. The molecule has 2 fully saturated rings. The Balaban J connectivity index is 1.40. The summed E-state index contributed by atoms with van der Waals surface area (Å²) in [6.45, 7) is 2.81. The predicted octanol–water partition coefficient (Wildman–Crippen LogP) is 2.16. The van der Waals surface area contributed by atoms with Gasteiger partial charge in [-0.2, -0.15) is 5.10 Å². The number of aryl methyl sites for hydroxylation is 1. The number of amides is 2. The fourth-order valence-corrected chi connectivity index (χ4v) is 4.33. The van der Waals surface area contributed by atoms with Gasteiger partial charge in [0.15, 0.2) is 5.69 Å². The number of aromatic nitrogens is 2. The lowest BCUT2D eigenvalue weighted by Gasteiger charge is -2.16. The van der Waals surface area contributed by atoms with Crippen molar-refractivity contribution in [2.75, 3.05) is 6.54 Å². The first-order valence-corrected chi connectivity index (χ1v) is 9.91. The van der Waals surface area contributed by atoms with Gasteiger partial charge in [-0.25, -0.2) is 4.68 Å². The van der Waals surface area contributed by atoms with Crippen LogP contribution in [-0.2, 0) is 17.6 Å². The number of hydrogen-bond donors (Lipinski definition) is 1. The largest absolute Gasteiger partial charge is 0.339 e. The summed E-state index contributed by atoms with van der Waals surface area (Å²) in [6, 6.07) is 8.20. The summed E-state index contributed by atoms with van der Waals surface area (Å²) in [7, 11) is 0. The molecule has 1 aromatic heterocycles. The highest BCUT2D eigenvalue weighted by Gasteiger charge is 2.41. The standard InChI is InChI=1S/C21H24N4O2/c1-13-5-7-15(8-6-13)25-18-4-2-3-16(18)19(23-25)20(26)22-17-11-12-24(21(17)27)14-9-10-14/h5-8,14,17H,2-4,9-12H2,1H3,(H,22,26)/t17-/m1/s1. The zero-order chi connectivity index (χ0) is 18.5. The Hall–Kier alpha value is -2.63. The second kappa shape index (κ2) is 6.22. The predicted molar refractivity (Wildman–Crippen MR) is 101 cm³/mol. The van der Waals surface area contributed by atoms with Crippen molar-refractivity contribution >= 4 is 11.8 Å². The van der Waals surface area contributed by atoms with Crippen molar-refractivity contribution in [1.29, 1.82) is 0 Å². The topological polar surface area (TPSA) is 67.2 Å². The van der Waals surface area contributed by atoms with Crippen LogP contribution in [-0.4, -0.2) is 45.1 Å². The lowest BCUT2D eigenvalue weighted by Crippen LogP contribution is -2.42. The van der Waals surface area contributed by atoms with Gasteiger partial charge in [0.05, 0.1) is 5.69 Å². The summed E-state index contributed by atoms with van der Waals surface area (Å²) in [5, 5.41) is 7.60. The van der Waals surface area contributed by atoms with Crippen LogP contribution in [0.15, 0.2) is 24.3 Å². The van der Waals surface area contributed by atoms with Crippen LogP contribution in [0.2, 0.25) is 0 Å². The van der Waals surface area contributed by atoms with Crippen molar-refractivity contribution in [1.82, 2.24) is 20.0 Å². The van der Waals surface area contributed by atoms with E-state index in [1.54, 1.807) is 0 Å². The average Bonchev–Trinajstić information content (AvgIpc) is 3.10. The van der Waals surface area contributed by atoms with Gasteiger partial charge in [-0.3, -0.25) is 9.59 Å². The van der Waals surface area contributed by atoms with Crippen LogP contribution in [0.5, 0.6) is 0 Å². The number of nitrogens with zero attached hydrogens (tertiary/aromatic N) is 3. The zero-order valence-corrected chi connectivity index (χ0v) is 15.6. The smallest absolute Gasteiger partial charge is 0.272 e. The van der Waals surface area contributed by atoms with Crippen molar-refractivity contribution in [3.05, 3.63) is 46.8 Å². The molecule has 1 aromatic carbocycles. The van der Waals surface area contributed by atoms with Crippen LogP contribution in [0.3, 0.4) is 0 Å². The molecule has 0 bridgehead atoms. The maximum absolute atomic E-state index is 12.9. The normalized spacial score (nSPS) is 21.6. The van der Waals surface area contributed by atoms with Crippen molar-refractivity contribution in [2.24, 2.45) is 0 Å². The summed E-state index contributed by atoms with van der Waals surface area (Å²) in [4.78, 5) is 27.4. The summed E-state index contributed by atoms with van der Waals surface area (Å²) >= 11 is 0. The first-order valence-electron chi connectivity index (χ1n) is 9.91. The van der Waals surface area contributed by atoms with Gasteiger partial charge < -0.3 is 10.2 Å².